The Labute approximate surface area is 151 Å². The summed E-state index contributed by atoms with van der Waals surface area (Å²) < 4.78 is 30.4. The van der Waals surface area contributed by atoms with E-state index in [9.17, 15) is 8.42 Å². The van der Waals surface area contributed by atoms with E-state index in [-0.39, 0.29) is 13.2 Å². The van der Waals surface area contributed by atoms with Crippen LogP contribution in [0.15, 0.2) is 35.4 Å². The molecule has 0 atom stereocenters. The lowest BCUT2D eigenvalue weighted by Gasteiger charge is -2.26. The number of rotatable bonds is 4. The van der Waals surface area contributed by atoms with Crippen LogP contribution in [0.25, 0.3) is 22.2 Å². The molecular weight excluding hydrogens is 350 g/mol. The van der Waals surface area contributed by atoms with Gasteiger partial charge in [0.2, 0.25) is 0 Å². The van der Waals surface area contributed by atoms with Crippen LogP contribution in [0.3, 0.4) is 0 Å². The van der Waals surface area contributed by atoms with Crippen LogP contribution in [-0.2, 0) is 14.6 Å². The smallest absolute Gasteiger partial charge is 0.186 e. The van der Waals surface area contributed by atoms with E-state index in [1.807, 2.05) is 25.1 Å². The SMILES string of the molecule is Cc1cc(-c2nccc3[nH]nc(C4CC4)c23)ccc1S(=O)(=O)C1COC1. The molecular formula is C19H19N3O3S. The molecule has 7 heteroatoms. The molecule has 0 amide bonds. The van der Waals surface area contributed by atoms with Gasteiger partial charge in [-0.15, -0.1) is 0 Å². The number of nitrogens with zero attached hydrogens (tertiary/aromatic N) is 2. The fraction of sp³-hybridized carbons (Fsp3) is 0.368. The van der Waals surface area contributed by atoms with E-state index < -0.39 is 15.1 Å². The van der Waals surface area contributed by atoms with Crippen molar-refractivity contribution in [3.05, 3.63) is 41.7 Å². The molecule has 3 heterocycles. The normalized spacial score (nSPS) is 18.2. The van der Waals surface area contributed by atoms with Gasteiger partial charge in [0.1, 0.15) is 5.25 Å². The Morgan fingerprint density at radius 3 is 2.65 bits per heavy atom. The van der Waals surface area contributed by atoms with Crippen molar-refractivity contribution in [1.29, 1.82) is 0 Å². The quantitative estimate of drug-likeness (QED) is 0.764. The number of nitrogens with one attached hydrogen (secondary N) is 1. The summed E-state index contributed by atoms with van der Waals surface area (Å²) in [5.41, 5.74) is 4.56. The third-order valence-electron chi connectivity index (χ3n) is 5.27. The number of benzene rings is 1. The Bertz CT molecular complexity index is 1110. The van der Waals surface area contributed by atoms with Crippen LogP contribution in [0, 0.1) is 6.92 Å². The van der Waals surface area contributed by atoms with Gasteiger partial charge in [-0.3, -0.25) is 10.1 Å². The average Bonchev–Trinajstić information content (AvgIpc) is 3.31. The molecule has 1 aromatic carbocycles. The Balaban J connectivity index is 1.62. The first kappa shape index (κ1) is 16.0. The zero-order valence-electron chi connectivity index (χ0n) is 14.4. The topological polar surface area (TPSA) is 84.9 Å². The van der Waals surface area contributed by atoms with Gasteiger partial charge in [0.25, 0.3) is 0 Å². The second-order valence-corrected chi connectivity index (χ2v) is 9.35. The summed E-state index contributed by atoms with van der Waals surface area (Å²) in [6.07, 6.45) is 4.08. The minimum atomic E-state index is -3.34. The van der Waals surface area contributed by atoms with Gasteiger partial charge in [-0.1, -0.05) is 6.07 Å². The predicted molar refractivity (Wildman–Crippen MR) is 97.8 cm³/mol. The number of H-pyrrole nitrogens is 1. The Kier molecular flexibility index (Phi) is 3.45. The van der Waals surface area contributed by atoms with E-state index in [1.165, 1.54) is 0 Å². The number of aromatic nitrogens is 3. The zero-order chi connectivity index (χ0) is 17.9. The van der Waals surface area contributed by atoms with Gasteiger partial charge < -0.3 is 4.74 Å². The van der Waals surface area contributed by atoms with Crippen molar-refractivity contribution in [2.24, 2.45) is 0 Å². The fourth-order valence-corrected chi connectivity index (χ4v) is 5.23. The van der Waals surface area contributed by atoms with Crippen molar-refractivity contribution in [3.63, 3.8) is 0 Å². The molecule has 1 aliphatic heterocycles. The van der Waals surface area contributed by atoms with Gasteiger partial charge in [-0.25, -0.2) is 8.42 Å². The number of aryl methyl sites for hydroxylation is 1. The van der Waals surface area contributed by atoms with Crippen molar-refractivity contribution < 1.29 is 13.2 Å². The van der Waals surface area contributed by atoms with Gasteiger partial charge in [0.15, 0.2) is 9.84 Å². The monoisotopic (exact) mass is 369 g/mol. The number of sulfone groups is 1. The molecule has 6 nitrogen and oxygen atoms in total. The lowest BCUT2D eigenvalue weighted by molar-refractivity contribution is 0.0416. The number of hydrogen-bond acceptors (Lipinski definition) is 5. The molecule has 0 radical (unpaired) electrons. The van der Waals surface area contributed by atoms with Gasteiger partial charge in [0, 0.05) is 23.1 Å². The van der Waals surface area contributed by atoms with Gasteiger partial charge in [-0.2, -0.15) is 5.10 Å². The summed E-state index contributed by atoms with van der Waals surface area (Å²) in [5, 5.41) is 8.22. The van der Waals surface area contributed by atoms with Crippen LogP contribution in [0.2, 0.25) is 0 Å². The molecule has 0 bridgehead atoms. The first-order valence-corrected chi connectivity index (χ1v) is 10.4. The second kappa shape index (κ2) is 5.62. The highest BCUT2D eigenvalue weighted by Crippen LogP contribution is 2.44. The molecule has 0 spiro atoms. The van der Waals surface area contributed by atoms with Crippen LogP contribution >= 0.6 is 0 Å². The third-order valence-corrected chi connectivity index (χ3v) is 7.49. The molecule has 1 N–H and O–H groups in total. The molecule has 3 aromatic rings. The molecule has 1 saturated heterocycles. The van der Waals surface area contributed by atoms with Crippen LogP contribution in [0.1, 0.15) is 30.0 Å². The van der Waals surface area contributed by atoms with Crippen molar-refractivity contribution in [1.82, 2.24) is 15.2 Å². The van der Waals surface area contributed by atoms with Crippen molar-refractivity contribution in [2.75, 3.05) is 13.2 Å². The minimum absolute atomic E-state index is 0.282. The van der Waals surface area contributed by atoms with Crippen molar-refractivity contribution >= 4 is 20.7 Å². The summed E-state index contributed by atoms with van der Waals surface area (Å²) in [4.78, 5) is 4.97. The third kappa shape index (κ3) is 2.38. The highest BCUT2D eigenvalue weighted by Gasteiger charge is 2.35. The average molecular weight is 369 g/mol. The lowest BCUT2D eigenvalue weighted by atomic mass is 10.0. The van der Waals surface area contributed by atoms with Crippen LogP contribution in [-0.4, -0.2) is 42.1 Å². The Morgan fingerprint density at radius 1 is 1.19 bits per heavy atom. The zero-order valence-corrected chi connectivity index (χ0v) is 15.2. The molecule has 2 aromatic heterocycles. The van der Waals surface area contributed by atoms with E-state index in [0.717, 1.165) is 46.3 Å². The molecule has 134 valence electrons. The predicted octanol–water partition coefficient (Wildman–Crippen LogP) is 2.98. The summed E-state index contributed by atoms with van der Waals surface area (Å²) >= 11 is 0. The van der Waals surface area contributed by atoms with Gasteiger partial charge in [0.05, 0.1) is 35.0 Å². The van der Waals surface area contributed by atoms with Crippen LogP contribution in [0.5, 0.6) is 0 Å². The molecule has 2 aliphatic rings. The molecule has 26 heavy (non-hydrogen) atoms. The van der Waals surface area contributed by atoms with Crippen molar-refractivity contribution in [3.8, 4) is 11.3 Å². The minimum Gasteiger partial charge on any atom is -0.379 e. The van der Waals surface area contributed by atoms with E-state index in [4.69, 9.17) is 4.74 Å². The van der Waals surface area contributed by atoms with E-state index in [2.05, 4.69) is 15.2 Å². The molecule has 2 fully saturated rings. The standard InChI is InChI=1S/C19H19N3O3S/c1-11-8-13(4-5-16(11)26(23,24)14-9-25-10-14)18-17-15(6-7-20-18)21-22-19(17)12-2-3-12/h4-8,12,14H,2-3,9-10H2,1H3,(H,21,22). The van der Waals surface area contributed by atoms with E-state index >= 15 is 0 Å². The molecule has 5 rings (SSSR count). The lowest BCUT2D eigenvalue weighted by Crippen LogP contribution is -2.40. The number of hydrogen-bond donors (Lipinski definition) is 1. The van der Waals surface area contributed by atoms with Crippen LogP contribution < -0.4 is 0 Å². The molecule has 0 unspecified atom stereocenters. The van der Waals surface area contributed by atoms with E-state index in [0.29, 0.717) is 10.8 Å². The Hall–Kier alpha value is -2.25. The summed E-state index contributed by atoms with van der Waals surface area (Å²) in [6.45, 7) is 2.40. The number of pyridine rings is 1. The Morgan fingerprint density at radius 2 is 2.00 bits per heavy atom. The molecule has 1 saturated carbocycles. The van der Waals surface area contributed by atoms with Crippen molar-refractivity contribution in [2.45, 2.75) is 35.8 Å². The summed E-state index contributed by atoms with van der Waals surface area (Å²) in [6, 6.07) is 7.40. The maximum Gasteiger partial charge on any atom is 0.186 e. The first-order valence-electron chi connectivity index (χ1n) is 8.81. The largest absolute Gasteiger partial charge is 0.379 e. The van der Waals surface area contributed by atoms with Crippen LogP contribution in [0.4, 0.5) is 0 Å². The fourth-order valence-electron chi connectivity index (χ4n) is 3.55. The second-order valence-electron chi connectivity index (χ2n) is 7.15. The highest BCUT2D eigenvalue weighted by molar-refractivity contribution is 7.92. The number of ether oxygens (including phenoxy) is 1. The maximum atomic E-state index is 12.7. The summed E-state index contributed by atoms with van der Waals surface area (Å²) in [5.74, 6) is 0.506. The van der Waals surface area contributed by atoms with Gasteiger partial charge >= 0.3 is 0 Å². The highest BCUT2D eigenvalue weighted by atomic mass is 32.2. The first-order chi connectivity index (χ1) is 12.6. The molecule has 1 aliphatic carbocycles. The number of aromatic amines is 1. The van der Waals surface area contributed by atoms with E-state index in [1.54, 1.807) is 12.3 Å². The maximum absolute atomic E-state index is 12.7. The summed E-state index contributed by atoms with van der Waals surface area (Å²) in [7, 11) is -3.34. The van der Waals surface area contributed by atoms with Gasteiger partial charge in [-0.05, 0) is 43.5 Å². The number of fused-ring (bicyclic) bond motifs is 1.